The van der Waals surface area contributed by atoms with E-state index in [2.05, 4.69) is 14.9 Å². The fourth-order valence-electron chi connectivity index (χ4n) is 4.01. The molecule has 0 saturated carbocycles. The van der Waals surface area contributed by atoms with Gasteiger partial charge in [0.2, 0.25) is 5.78 Å². The van der Waals surface area contributed by atoms with Gasteiger partial charge >= 0.3 is 0 Å². The smallest absolute Gasteiger partial charge is 0.254 e. The van der Waals surface area contributed by atoms with Crippen LogP contribution in [0, 0.1) is 5.92 Å². The fourth-order valence-corrected chi connectivity index (χ4v) is 4.01. The van der Waals surface area contributed by atoms with Crippen LogP contribution in [-0.4, -0.2) is 57.3 Å². The first kappa shape index (κ1) is 17.7. The van der Waals surface area contributed by atoms with Crippen molar-refractivity contribution in [3.05, 3.63) is 42.1 Å². The van der Waals surface area contributed by atoms with Crippen LogP contribution in [0.2, 0.25) is 0 Å². The second-order valence-corrected chi connectivity index (χ2v) is 7.41. The number of pyridine rings is 1. The topological polar surface area (TPSA) is 71.3 Å². The minimum atomic E-state index is -0.0976. The maximum atomic E-state index is 12.8. The molecule has 142 valence electrons. The number of carbonyl (C=O) groups is 2. The molecule has 0 bridgehead atoms. The molecular weight excluding hydrogens is 342 g/mol. The maximum absolute atomic E-state index is 12.8. The molecule has 0 spiro atoms. The Kier molecular flexibility index (Phi) is 4.92. The Labute approximate surface area is 159 Å². The molecule has 4 rings (SSSR count). The predicted molar refractivity (Wildman–Crippen MR) is 102 cm³/mol. The number of ketones is 1. The highest BCUT2D eigenvalue weighted by molar-refractivity contribution is 5.96. The number of carbonyl (C=O) groups excluding carboxylic acids is 2. The van der Waals surface area contributed by atoms with E-state index in [-0.39, 0.29) is 17.6 Å². The highest BCUT2D eigenvalue weighted by Crippen LogP contribution is 2.25. The van der Waals surface area contributed by atoms with Crippen molar-refractivity contribution in [3.63, 3.8) is 0 Å². The van der Waals surface area contributed by atoms with Crippen LogP contribution in [0.3, 0.4) is 0 Å². The zero-order valence-corrected chi connectivity index (χ0v) is 15.7. The number of Topliss-reactive ketones (excluding diaryl/α,β-unsaturated/α-hetero) is 1. The van der Waals surface area contributed by atoms with E-state index < -0.39 is 0 Å². The molecule has 2 aliphatic rings. The van der Waals surface area contributed by atoms with Crippen LogP contribution in [0.4, 0.5) is 5.82 Å². The van der Waals surface area contributed by atoms with Crippen molar-refractivity contribution in [1.29, 1.82) is 0 Å². The highest BCUT2D eigenvalue weighted by atomic mass is 16.2. The lowest BCUT2D eigenvalue weighted by Crippen LogP contribution is -2.40. The number of aromatic nitrogens is 3. The third-order valence-electron chi connectivity index (χ3n) is 5.54. The molecule has 0 unspecified atom stereocenters. The van der Waals surface area contributed by atoms with Gasteiger partial charge in [-0.25, -0.2) is 9.97 Å². The van der Waals surface area contributed by atoms with Crippen LogP contribution in [0.5, 0.6) is 0 Å². The number of aryl methyl sites for hydroxylation is 1. The number of amides is 1. The number of likely N-dealkylation sites (tertiary alicyclic amines) is 1. The van der Waals surface area contributed by atoms with Crippen molar-refractivity contribution in [2.45, 2.75) is 25.7 Å². The third-order valence-corrected chi connectivity index (χ3v) is 5.54. The monoisotopic (exact) mass is 367 g/mol. The van der Waals surface area contributed by atoms with Gasteiger partial charge in [-0.2, -0.15) is 0 Å². The number of rotatable bonds is 4. The van der Waals surface area contributed by atoms with Crippen molar-refractivity contribution < 1.29 is 9.59 Å². The summed E-state index contributed by atoms with van der Waals surface area (Å²) < 4.78 is 1.77. The molecule has 2 saturated heterocycles. The van der Waals surface area contributed by atoms with Gasteiger partial charge in [0.1, 0.15) is 5.82 Å². The summed E-state index contributed by atoms with van der Waals surface area (Å²) in [5.41, 5.74) is 0.680. The molecule has 2 aromatic heterocycles. The Hall–Kier alpha value is -2.70. The van der Waals surface area contributed by atoms with Gasteiger partial charge in [-0.1, -0.05) is 0 Å². The number of hydrogen-bond donors (Lipinski definition) is 0. The Bertz CT molecular complexity index is 840. The first-order valence-corrected chi connectivity index (χ1v) is 9.65. The number of hydrogen-bond acceptors (Lipinski definition) is 5. The van der Waals surface area contributed by atoms with Crippen LogP contribution in [0.1, 0.15) is 46.7 Å². The summed E-state index contributed by atoms with van der Waals surface area (Å²) >= 11 is 0. The first-order valence-electron chi connectivity index (χ1n) is 9.65. The molecule has 1 amide bonds. The van der Waals surface area contributed by atoms with Crippen molar-refractivity contribution in [2.24, 2.45) is 13.0 Å². The fraction of sp³-hybridized carbons (Fsp3) is 0.500. The highest BCUT2D eigenvalue weighted by Gasteiger charge is 2.29. The third kappa shape index (κ3) is 3.59. The maximum Gasteiger partial charge on any atom is 0.254 e. The molecule has 2 aromatic rings. The summed E-state index contributed by atoms with van der Waals surface area (Å²) in [7, 11) is 1.84. The Morgan fingerprint density at radius 3 is 2.63 bits per heavy atom. The van der Waals surface area contributed by atoms with Gasteiger partial charge in [0.25, 0.3) is 5.91 Å². The van der Waals surface area contributed by atoms with E-state index in [1.165, 1.54) is 0 Å². The minimum Gasteiger partial charge on any atom is -0.356 e. The van der Waals surface area contributed by atoms with E-state index in [0.717, 1.165) is 51.1 Å². The molecule has 27 heavy (non-hydrogen) atoms. The Morgan fingerprint density at radius 2 is 1.89 bits per heavy atom. The molecule has 2 fully saturated rings. The van der Waals surface area contributed by atoms with Crippen molar-refractivity contribution in [2.75, 3.05) is 31.1 Å². The van der Waals surface area contributed by atoms with Crippen molar-refractivity contribution in [1.82, 2.24) is 19.4 Å². The number of piperidine rings is 1. The molecule has 7 heteroatoms. The molecule has 0 aliphatic carbocycles. The molecule has 0 aromatic carbocycles. The quantitative estimate of drug-likeness (QED) is 0.775. The van der Waals surface area contributed by atoms with E-state index in [0.29, 0.717) is 17.9 Å². The zero-order chi connectivity index (χ0) is 18.8. The summed E-state index contributed by atoms with van der Waals surface area (Å²) in [6.45, 7) is 3.12. The minimum absolute atomic E-state index is 0.0776. The SMILES string of the molecule is Cn1ccnc1C(=O)[C@@H]1CCCN(c2cc(C(=O)N3CCCC3)ccn2)C1. The van der Waals surface area contributed by atoms with Gasteiger partial charge in [0.15, 0.2) is 5.82 Å². The summed E-state index contributed by atoms with van der Waals surface area (Å²) in [4.78, 5) is 38.2. The van der Waals surface area contributed by atoms with Gasteiger partial charge in [-0.3, -0.25) is 9.59 Å². The summed E-state index contributed by atoms with van der Waals surface area (Å²) in [5, 5.41) is 0. The molecule has 0 N–H and O–H groups in total. The molecule has 2 aliphatic heterocycles. The molecule has 0 radical (unpaired) electrons. The molecule has 1 atom stereocenters. The first-order chi connectivity index (χ1) is 13.1. The lowest BCUT2D eigenvalue weighted by atomic mass is 9.93. The normalized spacial score (nSPS) is 20.1. The second kappa shape index (κ2) is 7.50. The molecule has 4 heterocycles. The van der Waals surface area contributed by atoms with Crippen molar-refractivity contribution in [3.8, 4) is 0 Å². The van der Waals surface area contributed by atoms with E-state index in [4.69, 9.17) is 0 Å². The number of anilines is 1. The number of imidazole rings is 1. The lowest BCUT2D eigenvalue weighted by molar-refractivity contribution is 0.0792. The van der Waals surface area contributed by atoms with E-state index >= 15 is 0 Å². The van der Waals surface area contributed by atoms with E-state index in [9.17, 15) is 9.59 Å². The number of nitrogens with zero attached hydrogens (tertiary/aromatic N) is 5. The van der Waals surface area contributed by atoms with Gasteiger partial charge in [0, 0.05) is 63.3 Å². The van der Waals surface area contributed by atoms with Crippen LogP contribution in [0.15, 0.2) is 30.7 Å². The zero-order valence-electron chi connectivity index (χ0n) is 15.7. The summed E-state index contributed by atoms with van der Waals surface area (Å²) in [6, 6.07) is 3.65. The van der Waals surface area contributed by atoms with Gasteiger partial charge in [0.05, 0.1) is 0 Å². The standard InChI is InChI=1S/C20H25N5O2/c1-23-12-8-22-19(23)18(26)16-5-4-11-25(14-16)17-13-15(6-7-21-17)20(27)24-9-2-3-10-24/h6-8,12-13,16H,2-5,9-11,14H2,1H3/t16-/m1/s1. The lowest BCUT2D eigenvalue weighted by Gasteiger charge is -2.33. The van der Waals surface area contributed by atoms with Gasteiger partial charge in [-0.15, -0.1) is 0 Å². The summed E-state index contributed by atoms with van der Waals surface area (Å²) in [6.07, 6.45) is 9.08. The van der Waals surface area contributed by atoms with Gasteiger partial charge in [-0.05, 0) is 37.8 Å². The predicted octanol–water partition coefficient (Wildman–Crippen LogP) is 2.15. The Balaban J connectivity index is 1.50. The average Bonchev–Trinajstić information content (AvgIpc) is 3.39. The molecule has 7 nitrogen and oxygen atoms in total. The van der Waals surface area contributed by atoms with E-state index in [1.54, 1.807) is 29.2 Å². The van der Waals surface area contributed by atoms with Crippen molar-refractivity contribution >= 4 is 17.5 Å². The summed E-state index contributed by atoms with van der Waals surface area (Å²) in [5.74, 6) is 1.34. The van der Waals surface area contributed by atoms with Crippen LogP contribution < -0.4 is 4.90 Å². The van der Waals surface area contributed by atoms with Crippen LogP contribution in [0.25, 0.3) is 0 Å². The Morgan fingerprint density at radius 1 is 1.07 bits per heavy atom. The molecular formula is C20H25N5O2. The van der Waals surface area contributed by atoms with Crippen LogP contribution >= 0.6 is 0 Å². The van der Waals surface area contributed by atoms with Crippen LogP contribution in [-0.2, 0) is 7.05 Å². The average molecular weight is 367 g/mol. The second-order valence-electron chi connectivity index (χ2n) is 7.41. The van der Waals surface area contributed by atoms with E-state index in [1.807, 2.05) is 18.0 Å². The van der Waals surface area contributed by atoms with Gasteiger partial charge < -0.3 is 14.4 Å². The largest absolute Gasteiger partial charge is 0.356 e.